The van der Waals surface area contributed by atoms with Crippen LogP contribution in [0, 0.1) is 6.92 Å². The summed E-state index contributed by atoms with van der Waals surface area (Å²) in [5.41, 5.74) is 11.2. The Morgan fingerprint density at radius 3 is 1.71 bits per heavy atom. The summed E-state index contributed by atoms with van der Waals surface area (Å²) in [6.45, 7) is 2.20. The Labute approximate surface area is 366 Å². The summed E-state index contributed by atoms with van der Waals surface area (Å²) in [6.07, 6.45) is 1.37. The second-order valence-corrected chi connectivity index (χ2v) is 16.7. The summed E-state index contributed by atoms with van der Waals surface area (Å²) in [6, 6.07) is 74.6. The number of nitrogens with zero attached hydrogens (tertiary/aromatic N) is 2. The fraction of sp³-hybridized carbons (Fsp3) is 0.0508. The highest BCUT2D eigenvalue weighted by Crippen LogP contribution is 2.40. The highest BCUT2D eigenvalue weighted by Gasteiger charge is 2.28. The predicted molar refractivity (Wildman–Crippen MR) is 264 cm³/mol. The number of nitrogens with one attached hydrogen (secondary N) is 2. The number of benzene rings is 10. The Hall–Kier alpha value is -7.92. The molecule has 4 heteroatoms. The zero-order valence-corrected chi connectivity index (χ0v) is 34.8. The van der Waals surface area contributed by atoms with Gasteiger partial charge in [0.05, 0.1) is 5.69 Å². The predicted octanol–water partition coefficient (Wildman–Crippen LogP) is 14.5. The lowest BCUT2D eigenvalue weighted by Crippen LogP contribution is -2.45. The van der Waals surface area contributed by atoms with Crippen LogP contribution in [0.5, 0.6) is 0 Å². The second-order valence-electron chi connectivity index (χ2n) is 16.7. The third-order valence-electron chi connectivity index (χ3n) is 12.9. The van der Waals surface area contributed by atoms with Gasteiger partial charge in [0.1, 0.15) is 18.2 Å². The highest BCUT2D eigenvalue weighted by atomic mass is 15.3. The third kappa shape index (κ3) is 6.51. The van der Waals surface area contributed by atoms with Crippen LogP contribution in [0.15, 0.2) is 217 Å². The maximum atomic E-state index is 5.60. The normalized spacial score (nSPS) is 15.2. The maximum Gasteiger partial charge on any atom is 0.131 e. The van der Waals surface area contributed by atoms with Crippen LogP contribution in [-0.2, 0) is 0 Å². The molecule has 63 heavy (non-hydrogen) atoms. The van der Waals surface area contributed by atoms with Gasteiger partial charge in [-0.2, -0.15) is 0 Å². The average molecular weight is 807 g/mol. The van der Waals surface area contributed by atoms with Crippen molar-refractivity contribution in [1.29, 1.82) is 0 Å². The average Bonchev–Trinajstić information content (AvgIpc) is 3.35. The fourth-order valence-electron chi connectivity index (χ4n) is 9.84. The summed E-state index contributed by atoms with van der Waals surface area (Å²) in [5.74, 6) is 0.839. The Kier molecular flexibility index (Phi) is 8.91. The summed E-state index contributed by atoms with van der Waals surface area (Å²) < 4.78 is 0. The van der Waals surface area contributed by atoms with Crippen LogP contribution < -0.4 is 10.6 Å². The first-order chi connectivity index (χ1) is 31.1. The van der Waals surface area contributed by atoms with Crippen molar-refractivity contribution in [3.63, 3.8) is 0 Å². The zero-order chi connectivity index (χ0) is 41.9. The van der Waals surface area contributed by atoms with Crippen molar-refractivity contribution >= 4 is 59.7 Å². The Morgan fingerprint density at radius 1 is 0.397 bits per heavy atom. The molecule has 0 amide bonds. The smallest absolute Gasteiger partial charge is 0.131 e. The number of aliphatic imine (C=N–C) groups is 1. The van der Waals surface area contributed by atoms with Crippen molar-refractivity contribution in [2.45, 2.75) is 19.3 Å². The van der Waals surface area contributed by atoms with E-state index in [1.54, 1.807) is 0 Å². The van der Waals surface area contributed by atoms with E-state index in [4.69, 9.17) is 9.98 Å². The van der Waals surface area contributed by atoms with E-state index in [-0.39, 0.29) is 12.3 Å². The molecular weight excluding hydrogens is 765 g/mol. The number of pyridine rings is 1. The van der Waals surface area contributed by atoms with Crippen LogP contribution >= 0.6 is 0 Å². The van der Waals surface area contributed by atoms with Crippen molar-refractivity contribution in [2.75, 3.05) is 0 Å². The van der Waals surface area contributed by atoms with E-state index in [0.717, 1.165) is 50.3 Å². The van der Waals surface area contributed by atoms with Gasteiger partial charge in [-0.25, -0.2) is 4.99 Å². The minimum atomic E-state index is -0.320. The summed E-state index contributed by atoms with van der Waals surface area (Å²) >= 11 is 0. The van der Waals surface area contributed by atoms with Gasteiger partial charge in [-0.1, -0.05) is 176 Å². The molecule has 2 atom stereocenters. The van der Waals surface area contributed by atoms with Crippen molar-refractivity contribution in [1.82, 2.24) is 15.6 Å². The molecule has 0 bridgehead atoms. The van der Waals surface area contributed by atoms with E-state index in [1.807, 2.05) is 6.20 Å². The van der Waals surface area contributed by atoms with E-state index >= 15 is 0 Å². The summed E-state index contributed by atoms with van der Waals surface area (Å²) in [5, 5.41) is 19.9. The second kappa shape index (κ2) is 15.2. The number of amidine groups is 1. The van der Waals surface area contributed by atoms with E-state index in [2.05, 4.69) is 224 Å². The minimum absolute atomic E-state index is 0.226. The van der Waals surface area contributed by atoms with Gasteiger partial charge in [0, 0.05) is 22.7 Å². The van der Waals surface area contributed by atoms with Gasteiger partial charge in [0.15, 0.2) is 0 Å². The molecule has 1 aromatic heterocycles. The maximum absolute atomic E-state index is 5.60. The molecule has 0 aliphatic carbocycles. The molecule has 0 saturated carbocycles. The molecule has 12 rings (SSSR count). The van der Waals surface area contributed by atoms with Crippen LogP contribution in [-0.4, -0.2) is 10.8 Å². The molecule has 10 aromatic carbocycles. The van der Waals surface area contributed by atoms with Crippen LogP contribution in [0.25, 0.3) is 87.4 Å². The van der Waals surface area contributed by atoms with Gasteiger partial charge in [-0.05, 0) is 125 Å². The van der Waals surface area contributed by atoms with Crippen LogP contribution in [0.4, 0.5) is 0 Å². The van der Waals surface area contributed by atoms with Crippen LogP contribution in [0.2, 0.25) is 0 Å². The highest BCUT2D eigenvalue weighted by molar-refractivity contribution is 6.14. The Balaban J connectivity index is 1.08. The van der Waals surface area contributed by atoms with Crippen molar-refractivity contribution in [2.24, 2.45) is 4.99 Å². The number of hydrogen-bond donors (Lipinski definition) is 2. The first kappa shape index (κ1) is 36.9. The molecule has 1 aliphatic rings. The summed E-state index contributed by atoms with van der Waals surface area (Å²) in [7, 11) is 0. The lowest BCUT2D eigenvalue weighted by molar-refractivity contribution is 0.412. The van der Waals surface area contributed by atoms with Gasteiger partial charge < -0.3 is 5.32 Å². The standard InChI is InChI=1S/C59H42N4/c1-37-32-41(28-29-46(37)56-50-23-9-4-16-40(50)30-31-60-56)43-33-44(55-36-42-17-5-8-22-49(42)51-24-10-11-25-52(51)55)35-45(34-43)57-61-58(53-26-12-18-38-14-2-6-20-47(38)53)63-59(62-57)54-27-13-19-39-15-3-7-21-48(39)54/h2-36,58-59,63H,1H3,(H,61,62). The van der Waals surface area contributed by atoms with Crippen molar-refractivity contribution < 1.29 is 0 Å². The van der Waals surface area contributed by atoms with Crippen molar-refractivity contribution in [3.05, 3.63) is 235 Å². The molecule has 2 N–H and O–H groups in total. The van der Waals surface area contributed by atoms with E-state index in [1.165, 1.54) is 65.2 Å². The monoisotopic (exact) mass is 806 g/mol. The first-order valence-corrected chi connectivity index (χ1v) is 21.7. The lowest BCUT2D eigenvalue weighted by atomic mass is 9.89. The van der Waals surface area contributed by atoms with Crippen LogP contribution in [0.3, 0.4) is 0 Å². The topological polar surface area (TPSA) is 49.3 Å². The van der Waals surface area contributed by atoms with Gasteiger partial charge in [0.2, 0.25) is 0 Å². The summed E-state index contributed by atoms with van der Waals surface area (Å²) in [4.78, 5) is 10.5. The van der Waals surface area contributed by atoms with Crippen molar-refractivity contribution in [3.8, 4) is 33.5 Å². The number of aromatic nitrogens is 1. The third-order valence-corrected chi connectivity index (χ3v) is 12.9. The number of fused-ring (bicyclic) bond motifs is 6. The van der Waals surface area contributed by atoms with Gasteiger partial charge in [-0.3, -0.25) is 10.3 Å². The Morgan fingerprint density at radius 2 is 0.968 bits per heavy atom. The van der Waals surface area contributed by atoms with E-state index in [0.29, 0.717) is 0 Å². The van der Waals surface area contributed by atoms with Gasteiger partial charge in [-0.15, -0.1) is 0 Å². The molecule has 298 valence electrons. The first-order valence-electron chi connectivity index (χ1n) is 21.7. The molecule has 0 fully saturated rings. The molecule has 1 aliphatic heterocycles. The van der Waals surface area contributed by atoms with Gasteiger partial charge >= 0.3 is 0 Å². The molecule has 0 radical (unpaired) electrons. The minimum Gasteiger partial charge on any atom is -0.350 e. The molecule has 2 unspecified atom stereocenters. The molecule has 11 aromatic rings. The molecule has 4 nitrogen and oxygen atoms in total. The number of rotatable bonds is 6. The van der Waals surface area contributed by atoms with Crippen LogP contribution in [0.1, 0.15) is 34.6 Å². The number of hydrogen-bond acceptors (Lipinski definition) is 4. The largest absolute Gasteiger partial charge is 0.350 e. The number of aryl methyl sites for hydroxylation is 1. The van der Waals surface area contributed by atoms with Gasteiger partial charge in [0.25, 0.3) is 0 Å². The Bertz CT molecular complexity index is 3610. The molecule has 0 spiro atoms. The van der Waals surface area contributed by atoms with E-state index in [9.17, 15) is 0 Å². The van der Waals surface area contributed by atoms with E-state index < -0.39 is 0 Å². The molecule has 2 heterocycles. The zero-order valence-electron chi connectivity index (χ0n) is 34.8. The quantitative estimate of drug-likeness (QED) is 0.165. The fourth-order valence-corrected chi connectivity index (χ4v) is 9.84. The SMILES string of the molecule is Cc1cc(-c2cc(C3=NC(c4cccc5ccccc45)NC(c4cccc5ccccc45)N3)cc(-c3cc4ccccc4c4ccccc34)c2)ccc1-c1nccc2ccccc12. The molecular formula is C59H42N4. The molecule has 0 saturated heterocycles. The lowest BCUT2D eigenvalue weighted by Gasteiger charge is -2.33.